The van der Waals surface area contributed by atoms with E-state index >= 15 is 0 Å². The summed E-state index contributed by atoms with van der Waals surface area (Å²) in [5, 5.41) is 0. The summed E-state index contributed by atoms with van der Waals surface area (Å²) in [5.41, 5.74) is 2.03. The number of carbonyl (C=O) groups excluding carboxylic acids is 1. The molecule has 7 heteroatoms. The van der Waals surface area contributed by atoms with Crippen LogP contribution in [0.2, 0.25) is 0 Å². The number of nitrogens with one attached hydrogen (secondary N) is 1. The van der Waals surface area contributed by atoms with Gasteiger partial charge in [-0.25, -0.2) is 12.8 Å². The standard InChI is InChI=1S/C20H25FN2O3S/c1-14(2)19(22-27(25,26)18-12-8-7-11-17(18)21)20(24)23(4)13-16-10-6-5-9-15(16)3/h5-12,14,19,22H,13H2,1-4H3/t19-/m0/s1. The first-order valence-electron chi connectivity index (χ1n) is 8.70. The fraction of sp³-hybridized carbons (Fsp3) is 0.350. The fourth-order valence-corrected chi connectivity index (χ4v) is 4.14. The number of benzene rings is 2. The Bertz CT molecular complexity index is 913. The van der Waals surface area contributed by atoms with Crippen molar-refractivity contribution in [2.75, 3.05) is 7.05 Å². The van der Waals surface area contributed by atoms with Crippen molar-refractivity contribution in [3.8, 4) is 0 Å². The largest absolute Gasteiger partial charge is 0.340 e. The summed E-state index contributed by atoms with van der Waals surface area (Å²) in [4.78, 5) is 13.9. The monoisotopic (exact) mass is 392 g/mol. The topological polar surface area (TPSA) is 66.5 Å². The van der Waals surface area contributed by atoms with Crippen molar-refractivity contribution in [2.45, 2.75) is 38.3 Å². The van der Waals surface area contributed by atoms with E-state index in [4.69, 9.17) is 0 Å². The van der Waals surface area contributed by atoms with E-state index in [9.17, 15) is 17.6 Å². The van der Waals surface area contributed by atoms with Crippen molar-refractivity contribution in [3.05, 3.63) is 65.5 Å². The predicted molar refractivity (Wildman–Crippen MR) is 103 cm³/mol. The van der Waals surface area contributed by atoms with Gasteiger partial charge in [-0.15, -0.1) is 0 Å². The molecule has 0 heterocycles. The molecule has 2 rings (SSSR count). The van der Waals surface area contributed by atoms with Crippen molar-refractivity contribution in [2.24, 2.45) is 5.92 Å². The van der Waals surface area contributed by atoms with E-state index in [1.165, 1.54) is 23.1 Å². The summed E-state index contributed by atoms with van der Waals surface area (Å²) in [6.45, 7) is 5.80. The molecule has 1 amide bonds. The third-order valence-corrected chi connectivity index (χ3v) is 5.86. The SMILES string of the molecule is Cc1ccccc1CN(C)C(=O)[C@@H](NS(=O)(=O)c1ccccc1F)C(C)C. The maximum Gasteiger partial charge on any atom is 0.244 e. The second-order valence-corrected chi connectivity index (χ2v) is 8.58. The number of aryl methyl sites for hydroxylation is 1. The molecule has 0 aliphatic carbocycles. The van der Waals surface area contributed by atoms with Crippen LogP contribution in [0.1, 0.15) is 25.0 Å². The van der Waals surface area contributed by atoms with Crippen LogP contribution in [-0.4, -0.2) is 32.3 Å². The normalized spacial score (nSPS) is 12.8. The van der Waals surface area contributed by atoms with E-state index in [1.54, 1.807) is 20.9 Å². The molecular weight excluding hydrogens is 367 g/mol. The van der Waals surface area contributed by atoms with Gasteiger partial charge >= 0.3 is 0 Å². The van der Waals surface area contributed by atoms with E-state index in [1.807, 2.05) is 31.2 Å². The lowest BCUT2D eigenvalue weighted by molar-refractivity contribution is -0.133. The van der Waals surface area contributed by atoms with Crippen LogP contribution in [0.15, 0.2) is 53.4 Å². The van der Waals surface area contributed by atoms with Gasteiger partial charge in [0.25, 0.3) is 0 Å². The van der Waals surface area contributed by atoms with Crippen LogP contribution in [0, 0.1) is 18.7 Å². The summed E-state index contributed by atoms with van der Waals surface area (Å²) in [6.07, 6.45) is 0. The first kappa shape index (κ1) is 21.1. The molecule has 5 nitrogen and oxygen atoms in total. The van der Waals surface area contributed by atoms with Crippen LogP contribution in [0.4, 0.5) is 4.39 Å². The highest BCUT2D eigenvalue weighted by Gasteiger charge is 2.31. The minimum atomic E-state index is -4.17. The van der Waals surface area contributed by atoms with E-state index in [2.05, 4.69) is 4.72 Å². The molecule has 2 aromatic rings. The van der Waals surface area contributed by atoms with Gasteiger partial charge < -0.3 is 4.90 Å². The molecule has 1 N–H and O–H groups in total. The van der Waals surface area contributed by atoms with E-state index in [0.29, 0.717) is 6.54 Å². The summed E-state index contributed by atoms with van der Waals surface area (Å²) in [6, 6.07) is 11.8. The van der Waals surface area contributed by atoms with Crippen molar-refractivity contribution >= 4 is 15.9 Å². The van der Waals surface area contributed by atoms with Crippen molar-refractivity contribution < 1.29 is 17.6 Å². The molecule has 0 unspecified atom stereocenters. The number of hydrogen-bond donors (Lipinski definition) is 1. The lowest BCUT2D eigenvalue weighted by Crippen LogP contribution is -2.50. The number of hydrogen-bond acceptors (Lipinski definition) is 3. The Balaban J connectivity index is 2.22. The minimum Gasteiger partial charge on any atom is -0.340 e. The lowest BCUT2D eigenvalue weighted by atomic mass is 10.0. The Hall–Kier alpha value is -2.25. The average Bonchev–Trinajstić information content (AvgIpc) is 2.61. The van der Waals surface area contributed by atoms with Crippen LogP contribution in [0.3, 0.4) is 0 Å². The van der Waals surface area contributed by atoms with Crippen LogP contribution in [-0.2, 0) is 21.4 Å². The number of amides is 1. The van der Waals surface area contributed by atoms with E-state index in [0.717, 1.165) is 17.2 Å². The first-order chi connectivity index (χ1) is 12.6. The van der Waals surface area contributed by atoms with E-state index < -0.39 is 26.8 Å². The molecule has 0 aliphatic heterocycles. The lowest BCUT2D eigenvalue weighted by Gasteiger charge is -2.27. The molecular formula is C20H25FN2O3S. The average molecular weight is 392 g/mol. The Labute approximate surface area is 160 Å². The molecule has 0 aromatic heterocycles. The Morgan fingerprint density at radius 1 is 1.11 bits per heavy atom. The van der Waals surface area contributed by atoms with Crippen molar-refractivity contribution in [1.29, 1.82) is 0 Å². The number of halogens is 1. The summed E-state index contributed by atoms with van der Waals surface area (Å²) < 4.78 is 41.5. The van der Waals surface area contributed by atoms with Gasteiger partial charge in [0.15, 0.2) is 0 Å². The molecule has 27 heavy (non-hydrogen) atoms. The zero-order valence-electron chi connectivity index (χ0n) is 15.9. The smallest absolute Gasteiger partial charge is 0.244 e. The zero-order valence-corrected chi connectivity index (χ0v) is 16.8. The minimum absolute atomic E-state index is 0.307. The number of rotatable bonds is 7. The highest BCUT2D eigenvalue weighted by molar-refractivity contribution is 7.89. The molecule has 0 spiro atoms. The van der Waals surface area contributed by atoms with Gasteiger partial charge in [-0.05, 0) is 36.1 Å². The molecule has 2 aromatic carbocycles. The molecule has 0 radical (unpaired) electrons. The first-order valence-corrected chi connectivity index (χ1v) is 10.2. The van der Waals surface area contributed by atoms with Crippen molar-refractivity contribution in [3.63, 3.8) is 0 Å². The third-order valence-electron chi connectivity index (χ3n) is 4.39. The number of carbonyl (C=O) groups is 1. The van der Waals surface area contributed by atoms with Crippen LogP contribution >= 0.6 is 0 Å². The Morgan fingerprint density at radius 2 is 1.70 bits per heavy atom. The second kappa shape index (κ2) is 8.63. The van der Waals surface area contributed by atoms with Crippen LogP contribution in [0.25, 0.3) is 0 Å². The van der Waals surface area contributed by atoms with Crippen LogP contribution < -0.4 is 4.72 Å². The number of nitrogens with zero attached hydrogens (tertiary/aromatic N) is 1. The Morgan fingerprint density at radius 3 is 2.30 bits per heavy atom. The highest BCUT2D eigenvalue weighted by Crippen LogP contribution is 2.17. The molecule has 146 valence electrons. The maximum atomic E-state index is 13.9. The zero-order chi connectivity index (χ0) is 20.2. The third kappa shape index (κ3) is 5.14. The molecule has 0 bridgehead atoms. The van der Waals surface area contributed by atoms with Gasteiger partial charge in [-0.3, -0.25) is 4.79 Å². The second-order valence-electron chi connectivity index (χ2n) is 6.89. The quantitative estimate of drug-likeness (QED) is 0.787. The maximum absolute atomic E-state index is 13.9. The van der Waals surface area contributed by atoms with Gasteiger partial charge in [0.1, 0.15) is 16.8 Å². The van der Waals surface area contributed by atoms with E-state index in [-0.39, 0.29) is 11.8 Å². The molecule has 0 aliphatic rings. The number of likely N-dealkylation sites (N-methyl/N-ethyl adjacent to an activating group) is 1. The fourth-order valence-electron chi connectivity index (χ4n) is 2.72. The Kier molecular flexibility index (Phi) is 6.73. The molecule has 0 saturated carbocycles. The van der Waals surface area contributed by atoms with Gasteiger partial charge in [-0.2, -0.15) is 4.72 Å². The van der Waals surface area contributed by atoms with Gasteiger partial charge in [0.2, 0.25) is 15.9 Å². The number of sulfonamides is 1. The van der Waals surface area contributed by atoms with Gasteiger partial charge in [0, 0.05) is 13.6 Å². The highest BCUT2D eigenvalue weighted by atomic mass is 32.2. The van der Waals surface area contributed by atoms with Crippen molar-refractivity contribution in [1.82, 2.24) is 9.62 Å². The van der Waals surface area contributed by atoms with Gasteiger partial charge in [-0.1, -0.05) is 50.2 Å². The van der Waals surface area contributed by atoms with Gasteiger partial charge in [0.05, 0.1) is 0 Å². The van der Waals surface area contributed by atoms with Crippen LogP contribution in [0.5, 0.6) is 0 Å². The summed E-state index contributed by atoms with van der Waals surface area (Å²) >= 11 is 0. The molecule has 0 fully saturated rings. The summed E-state index contributed by atoms with van der Waals surface area (Å²) in [7, 11) is -2.54. The summed E-state index contributed by atoms with van der Waals surface area (Å²) in [5.74, 6) is -1.53. The molecule has 1 atom stereocenters. The molecule has 0 saturated heterocycles. The predicted octanol–water partition coefficient (Wildman–Crippen LogP) is 3.10.